The standard InChI is InChI=1S/C24H33F2N3O4/c1-5-27(6-2)22(30)20-18(25)7-8-19(26)21(20)23(31)28-11-9-16(10-12-28)29-17(13-15(3)4)14-33-24(29)32/h7-8,15-17H,5-6,9-14H2,1-4H3. The maximum atomic E-state index is 14.8. The maximum Gasteiger partial charge on any atom is 0.410 e. The molecule has 1 aromatic rings. The lowest BCUT2D eigenvalue weighted by Gasteiger charge is -2.38. The molecule has 3 rings (SSSR count). The highest BCUT2D eigenvalue weighted by Gasteiger charge is 2.40. The lowest BCUT2D eigenvalue weighted by atomic mass is 9.97. The number of hydrogen-bond donors (Lipinski definition) is 0. The van der Waals surface area contributed by atoms with Gasteiger partial charge in [-0.2, -0.15) is 0 Å². The number of likely N-dealkylation sites (tertiary alicyclic amines) is 1. The van der Waals surface area contributed by atoms with Crippen molar-refractivity contribution >= 4 is 17.9 Å². The Labute approximate surface area is 193 Å². The van der Waals surface area contributed by atoms with Crippen LogP contribution in [0.1, 0.15) is 67.7 Å². The zero-order valence-electron chi connectivity index (χ0n) is 19.8. The second-order valence-corrected chi connectivity index (χ2v) is 9.05. The lowest BCUT2D eigenvalue weighted by molar-refractivity contribution is 0.0614. The largest absolute Gasteiger partial charge is 0.447 e. The molecule has 0 spiro atoms. The van der Waals surface area contributed by atoms with Gasteiger partial charge in [-0.05, 0) is 51.2 Å². The molecule has 2 heterocycles. The van der Waals surface area contributed by atoms with Gasteiger partial charge in [0.1, 0.15) is 18.2 Å². The molecule has 2 saturated heterocycles. The average molecular weight is 466 g/mol. The van der Waals surface area contributed by atoms with Crippen molar-refractivity contribution in [1.29, 1.82) is 0 Å². The second-order valence-electron chi connectivity index (χ2n) is 9.05. The molecular formula is C24H33F2N3O4. The Morgan fingerprint density at radius 3 is 2.21 bits per heavy atom. The van der Waals surface area contributed by atoms with Crippen LogP contribution in [0, 0.1) is 17.6 Å². The zero-order chi connectivity index (χ0) is 24.3. The first kappa shape index (κ1) is 24.9. The van der Waals surface area contributed by atoms with Crippen LogP contribution in [0.2, 0.25) is 0 Å². The number of hydrogen-bond acceptors (Lipinski definition) is 4. The Hall–Kier alpha value is -2.71. The summed E-state index contributed by atoms with van der Waals surface area (Å²) >= 11 is 0. The van der Waals surface area contributed by atoms with E-state index in [1.165, 1.54) is 9.80 Å². The number of ether oxygens (including phenoxy) is 1. The summed E-state index contributed by atoms with van der Waals surface area (Å²) in [7, 11) is 0. The number of carbonyl (C=O) groups is 3. The molecule has 3 amide bonds. The Kier molecular flexibility index (Phi) is 7.92. The summed E-state index contributed by atoms with van der Waals surface area (Å²) in [5.41, 5.74) is -1.05. The zero-order valence-corrected chi connectivity index (χ0v) is 19.8. The molecule has 182 valence electrons. The van der Waals surface area contributed by atoms with Crippen LogP contribution < -0.4 is 0 Å². The van der Waals surface area contributed by atoms with Crippen molar-refractivity contribution in [3.8, 4) is 0 Å². The van der Waals surface area contributed by atoms with Crippen molar-refractivity contribution in [3.63, 3.8) is 0 Å². The molecule has 0 radical (unpaired) electrons. The van der Waals surface area contributed by atoms with Gasteiger partial charge in [-0.3, -0.25) is 14.5 Å². The number of nitrogens with zero attached hydrogens (tertiary/aromatic N) is 3. The summed E-state index contributed by atoms with van der Waals surface area (Å²) in [6.45, 7) is 9.19. The van der Waals surface area contributed by atoms with E-state index in [9.17, 15) is 23.2 Å². The number of piperidine rings is 1. The predicted molar refractivity (Wildman–Crippen MR) is 119 cm³/mol. The first-order chi connectivity index (χ1) is 15.7. The molecular weight excluding hydrogens is 432 g/mol. The Bertz CT molecular complexity index is 896. The number of benzene rings is 1. The van der Waals surface area contributed by atoms with Gasteiger partial charge in [-0.15, -0.1) is 0 Å². The Morgan fingerprint density at radius 1 is 1.09 bits per heavy atom. The van der Waals surface area contributed by atoms with Crippen LogP contribution in [0.25, 0.3) is 0 Å². The van der Waals surface area contributed by atoms with E-state index in [4.69, 9.17) is 4.74 Å². The predicted octanol–water partition coefficient (Wildman–Crippen LogP) is 3.92. The normalized spacial score (nSPS) is 19.2. The van der Waals surface area contributed by atoms with E-state index >= 15 is 0 Å². The van der Waals surface area contributed by atoms with E-state index in [1.54, 1.807) is 18.7 Å². The fraction of sp³-hybridized carbons (Fsp3) is 0.625. The van der Waals surface area contributed by atoms with E-state index in [-0.39, 0.29) is 31.3 Å². The molecule has 2 fully saturated rings. The number of amides is 3. The minimum Gasteiger partial charge on any atom is -0.447 e. The topological polar surface area (TPSA) is 70.2 Å². The number of rotatable bonds is 7. The molecule has 0 aliphatic carbocycles. The quantitative estimate of drug-likeness (QED) is 0.612. The number of halogens is 2. The van der Waals surface area contributed by atoms with Crippen LogP contribution in [-0.4, -0.2) is 77.5 Å². The van der Waals surface area contributed by atoms with E-state index in [0.29, 0.717) is 38.5 Å². The molecule has 0 aromatic heterocycles. The molecule has 9 heteroatoms. The highest BCUT2D eigenvalue weighted by Crippen LogP contribution is 2.29. The molecule has 0 N–H and O–H groups in total. The molecule has 0 saturated carbocycles. The van der Waals surface area contributed by atoms with Crippen molar-refractivity contribution in [2.45, 2.75) is 59.0 Å². The van der Waals surface area contributed by atoms with Gasteiger partial charge in [0.2, 0.25) is 0 Å². The summed E-state index contributed by atoms with van der Waals surface area (Å²) in [5.74, 6) is -2.83. The molecule has 2 aliphatic heterocycles. The van der Waals surface area contributed by atoms with Crippen molar-refractivity contribution < 1.29 is 27.9 Å². The molecule has 1 unspecified atom stereocenters. The van der Waals surface area contributed by atoms with Crippen molar-refractivity contribution in [2.75, 3.05) is 32.8 Å². The smallest absolute Gasteiger partial charge is 0.410 e. The first-order valence-electron chi connectivity index (χ1n) is 11.7. The van der Waals surface area contributed by atoms with Crippen LogP contribution in [0.3, 0.4) is 0 Å². The van der Waals surface area contributed by atoms with E-state index < -0.39 is 34.6 Å². The van der Waals surface area contributed by atoms with Gasteiger partial charge in [0, 0.05) is 32.2 Å². The highest BCUT2D eigenvalue weighted by molar-refractivity contribution is 6.07. The Balaban J connectivity index is 1.78. The second kappa shape index (κ2) is 10.5. The third-order valence-electron chi connectivity index (χ3n) is 6.47. The molecule has 1 aromatic carbocycles. The van der Waals surface area contributed by atoms with Gasteiger partial charge in [-0.1, -0.05) is 13.8 Å². The Morgan fingerprint density at radius 2 is 1.67 bits per heavy atom. The van der Waals surface area contributed by atoms with Crippen molar-refractivity contribution in [2.24, 2.45) is 5.92 Å². The van der Waals surface area contributed by atoms with Gasteiger partial charge in [0.25, 0.3) is 11.8 Å². The summed E-state index contributed by atoms with van der Waals surface area (Å²) in [4.78, 5) is 43.0. The van der Waals surface area contributed by atoms with Crippen molar-refractivity contribution in [3.05, 3.63) is 34.9 Å². The van der Waals surface area contributed by atoms with E-state index in [2.05, 4.69) is 13.8 Å². The van der Waals surface area contributed by atoms with E-state index in [1.807, 2.05) is 0 Å². The SMILES string of the molecule is CCN(CC)C(=O)c1c(F)ccc(F)c1C(=O)N1CCC(N2C(=O)OCC2CC(C)C)CC1. The summed E-state index contributed by atoms with van der Waals surface area (Å²) in [6.07, 6.45) is 1.50. The molecule has 7 nitrogen and oxygen atoms in total. The number of carbonyl (C=O) groups excluding carboxylic acids is 3. The van der Waals surface area contributed by atoms with Gasteiger partial charge in [-0.25, -0.2) is 13.6 Å². The van der Waals surface area contributed by atoms with Crippen LogP contribution in [-0.2, 0) is 4.74 Å². The van der Waals surface area contributed by atoms with Gasteiger partial charge in [0.05, 0.1) is 17.2 Å². The summed E-state index contributed by atoms with van der Waals surface area (Å²) < 4.78 is 34.7. The third-order valence-corrected chi connectivity index (χ3v) is 6.47. The maximum absolute atomic E-state index is 14.8. The third kappa shape index (κ3) is 5.12. The van der Waals surface area contributed by atoms with Crippen molar-refractivity contribution in [1.82, 2.24) is 14.7 Å². The van der Waals surface area contributed by atoms with E-state index in [0.717, 1.165) is 18.6 Å². The molecule has 2 aliphatic rings. The number of cyclic esters (lactones) is 1. The van der Waals surface area contributed by atoms with Crippen LogP contribution in [0.15, 0.2) is 12.1 Å². The first-order valence-corrected chi connectivity index (χ1v) is 11.7. The fourth-order valence-electron chi connectivity index (χ4n) is 4.79. The minimum atomic E-state index is -0.917. The summed E-state index contributed by atoms with van der Waals surface area (Å²) in [6, 6.07) is 1.68. The average Bonchev–Trinajstić information content (AvgIpc) is 3.14. The fourth-order valence-corrected chi connectivity index (χ4v) is 4.79. The lowest BCUT2D eigenvalue weighted by Crippen LogP contribution is -2.50. The van der Waals surface area contributed by atoms with Crippen LogP contribution >= 0.6 is 0 Å². The molecule has 1 atom stereocenters. The molecule has 33 heavy (non-hydrogen) atoms. The van der Waals surface area contributed by atoms with Gasteiger partial charge < -0.3 is 14.5 Å². The van der Waals surface area contributed by atoms with Gasteiger partial charge >= 0.3 is 6.09 Å². The molecule has 0 bridgehead atoms. The minimum absolute atomic E-state index is 0.00344. The summed E-state index contributed by atoms with van der Waals surface area (Å²) in [5, 5.41) is 0. The van der Waals surface area contributed by atoms with Crippen LogP contribution in [0.4, 0.5) is 13.6 Å². The highest BCUT2D eigenvalue weighted by atomic mass is 19.1. The van der Waals surface area contributed by atoms with Gasteiger partial charge in [0.15, 0.2) is 0 Å². The van der Waals surface area contributed by atoms with Crippen LogP contribution in [0.5, 0.6) is 0 Å². The monoisotopic (exact) mass is 465 g/mol.